The van der Waals surface area contributed by atoms with Gasteiger partial charge in [-0.05, 0) is 51.7 Å². The van der Waals surface area contributed by atoms with Crippen molar-refractivity contribution in [2.24, 2.45) is 7.05 Å². The first kappa shape index (κ1) is 19.4. The first-order valence-electron chi connectivity index (χ1n) is 10.2. The minimum absolute atomic E-state index is 0.0931. The molecule has 0 saturated carbocycles. The summed E-state index contributed by atoms with van der Waals surface area (Å²) >= 11 is 0. The van der Waals surface area contributed by atoms with E-state index in [0.29, 0.717) is 6.54 Å². The van der Waals surface area contributed by atoms with Crippen LogP contribution in [0.4, 0.5) is 0 Å². The smallest absolute Gasteiger partial charge is 0.230 e. The van der Waals surface area contributed by atoms with Crippen LogP contribution in [0.25, 0.3) is 5.69 Å². The SMILES string of the molecule is Cc1ccccc1-n1nc(C)c(CN(C)C(=O)C2CCCc3nn(C)cc32)c1C. The van der Waals surface area contributed by atoms with E-state index in [9.17, 15) is 4.79 Å². The number of benzene rings is 1. The van der Waals surface area contributed by atoms with Gasteiger partial charge in [0.05, 0.1) is 23.0 Å². The number of para-hydroxylation sites is 1. The lowest BCUT2D eigenvalue weighted by molar-refractivity contribution is -0.132. The Morgan fingerprint density at radius 2 is 1.97 bits per heavy atom. The Balaban J connectivity index is 1.59. The Kier molecular flexibility index (Phi) is 5.03. The van der Waals surface area contributed by atoms with E-state index in [-0.39, 0.29) is 11.8 Å². The molecule has 0 radical (unpaired) electrons. The fraction of sp³-hybridized carbons (Fsp3) is 0.435. The molecule has 1 amide bonds. The van der Waals surface area contributed by atoms with Crippen molar-refractivity contribution in [1.82, 2.24) is 24.5 Å². The number of amides is 1. The summed E-state index contributed by atoms with van der Waals surface area (Å²) in [6, 6.07) is 8.24. The van der Waals surface area contributed by atoms with Crippen LogP contribution in [0.2, 0.25) is 0 Å². The second-order valence-electron chi connectivity index (χ2n) is 8.19. The van der Waals surface area contributed by atoms with Gasteiger partial charge in [0.1, 0.15) is 0 Å². The summed E-state index contributed by atoms with van der Waals surface area (Å²) in [5, 5.41) is 9.30. The first-order chi connectivity index (χ1) is 13.9. The molecule has 0 aliphatic heterocycles. The Morgan fingerprint density at radius 3 is 2.72 bits per heavy atom. The van der Waals surface area contributed by atoms with Gasteiger partial charge in [-0.2, -0.15) is 10.2 Å². The number of hydrogen-bond donors (Lipinski definition) is 0. The van der Waals surface area contributed by atoms with Crippen LogP contribution < -0.4 is 0 Å². The Bertz CT molecular complexity index is 1060. The van der Waals surface area contributed by atoms with Crippen molar-refractivity contribution < 1.29 is 4.79 Å². The van der Waals surface area contributed by atoms with Gasteiger partial charge in [-0.25, -0.2) is 4.68 Å². The number of carbonyl (C=O) groups excluding carboxylic acids is 1. The molecule has 0 fully saturated rings. The van der Waals surface area contributed by atoms with Gasteiger partial charge in [0.15, 0.2) is 0 Å². The van der Waals surface area contributed by atoms with E-state index in [0.717, 1.165) is 53.2 Å². The standard InChI is InChI=1S/C23H29N5O/c1-15-9-6-7-12-22(15)28-17(3)19(16(2)24-28)13-26(4)23(29)18-10-8-11-21-20(18)14-27(5)25-21/h6-7,9,12,14,18H,8,10-11,13H2,1-5H3. The molecule has 1 unspecified atom stereocenters. The molecule has 3 aromatic rings. The van der Waals surface area contributed by atoms with Gasteiger partial charge in [0.2, 0.25) is 5.91 Å². The number of aromatic nitrogens is 4. The van der Waals surface area contributed by atoms with Crippen molar-refractivity contribution in [2.45, 2.75) is 52.5 Å². The van der Waals surface area contributed by atoms with Crippen LogP contribution in [-0.2, 0) is 24.8 Å². The van der Waals surface area contributed by atoms with Crippen LogP contribution in [0.15, 0.2) is 30.5 Å². The maximum absolute atomic E-state index is 13.3. The molecule has 1 aromatic carbocycles. The van der Waals surface area contributed by atoms with E-state index >= 15 is 0 Å². The predicted molar refractivity (Wildman–Crippen MR) is 113 cm³/mol. The van der Waals surface area contributed by atoms with Crippen LogP contribution >= 0.6 is 0 Å². The molecule has 29 heavy (non-hydrogen) atoms. The Labute approximate surface area is 172 Å². The minimum Gasteiger partial charge on any atom is -0.341 e. The molecule has 2 aromatic heterocycles. The second kappa shape index (κ2) is 7.50. The van der Waals surface area contributed by atoms with Gasteiger partial charge >= 0.3 is 0 Å². The van der Waals surface area contributed by atoms with Crippen LogP contribution in [0, 0.1) is 20.8 Å². The number of likely N-dealkylation sites (N-methyl/N-ethyl adjacent to an activating group) is 1. The van der Waals surface area contributed by atoms with E-state index in [4.69, 9.17) is 5.10 Å². The number of aryl methyl sites for hydroxylation is 4. The zero-order valence-electron chi connectivity index (χ0n) is 17.9. The zero-order valence-corrected chi connectivity index (χ0v) is 17.9. The third-order valence-electron chi connectivity index (χ3n) is 6.07. The van der Waals surface area contributed by atoms with Gasteiger partial charge in [-0.1, -0.05) is 18.2 Å². The van der Waals surface area contributed by atoms with Gasteiger partial charge in [0.25, 0.3) is 0 Å². The highest BCUT2D eigenvalue weighted by atomic mass is 16.2. The molecule has 0 saturated heterocycles. The Hall–Kier alpha value is -2.89. The molecule has 6 nitrogen and oxygen atoms in total. The molecular weight excluding hydrogens is 362 g/mol. The van der Waals surface area contributed by atoms with E-state index in [1.165, 1.54) is 5.56 Å². The summed E-state index contributed by atoms with van der Waals surface area (Å²) in [5.74, 6) is 0.0749. The molecule has 2 heterocycles. The van der Waals surface area contributed by atoms with E-state index in [1.807, 2.05) is 53.6 Å². The van der Waals surface area contributed by atoms with Crippen molar-refractivity contribution in [2.75, 3.05) is 7.05 Å². The molecule has 152 valence electrons. The molecule has 1 atom stereocenters. The number of carbonyl (C=O) groups is 1. The van der Waals surface area contributed by atoms with Crippen molar-refractivity contribution in [3.8, 4) is 5.69 Å². The van der Waals surface area contributed by atoms with Crippen molar-refractivity contribution in [1.29, 1.82) is 0 Å². The minimum atomic E-state index is -0.0931. The summed E-state index contributed by atoms with van der Waals surface area (Å²) in [4.78, 5) is 15.1. The third-order valence-corrected chi connectivity index (χ3v) is 6.07. The van der Waals surface area contributed by atoms with E-state index in [2.05, 4.69) is 31.1 Å². The summed E-state index contributed by atoms with van der Waals surface area (Å²) in [6.07, 6.45) is 4.88. The summed E-state index contributed by atoms with van der Waals surface area (Å²) in [7, 11) is 3.83. The molecule has 0 spiro atoms. The number of hydrogen-bond acceptors (Lipinski definition) is 3. The van der Waals surface area contributed by atoms with Crippen LogP contribution in [-0.4, -0.2) is 37.4 Å². The third kappa shape index (κ3) is 3.48. The van der Waals surface area contributed by atoms with Crippen molar-refractivity contribution in [3.63, 3.8) is 0 Å². The lowest BCUT2D eigenvalue weighted by Gasteiger charge is -2.26. The second-order valence-corrected chi connectivity index (χ2v) is 8.19. The normalized spacial score (nSPS) is 16.0. The quantitative estimate of drug-likeness (QED) is 0.683. The van der Waals surface area contributed by atoms with Crippen molar-refractivity contribution >= 4 is 5.91 Å². The average Bonchev–Trinajstić information content (AvgIpc) is 3.21. The number of rotatable bonds is 4. The monoisotopic (exact) mass is 391 g/mol. The molecule has 0 N–H and O–H groups in total. The van der Waals surface area contributed by atoms with Gasteiger partial charge in [-0.3, -0.25) is 9.48 Å². The first-order valence-corrected chi connectivity index (χ1v) is 10.2. The highest BCUT2D eigenvalue weighted by Gasteiger charge is 2.31. The fourth-order valence-corrected chi connectivity index (χ4v) is 4.44. The highest BCUT2D eigenvalue weighted by molar-refractivity contribution is 5.84. The van der Waals surface area contributed by atoms with Crippen LogP contribution in [0.1, 0.15) is 52.5 Å². The maximum Gasteiger partial charge on any atom is 0.230 e. The summed E-state index contributed by atoms with van der Waals surface area (Å²) in [6.45, 7) is 6.76. The van der Waals surface area contributed by atoms with E-state index in [1.54, 1.807) is 0 Å². The van der Waals surface area contributed by atoms with Crippen LogP contribution in [0.5, 0.6) is 0 Å². The summed E-state index contributed by atoms with van der Waals surface area (Å²) in [5.41, 5.74) is 7.61. The van der Waals surface area contributed by atoms with Gasteiger partial charge in [-0.15, -0.1) is 0 Å². The Morgan fingerprint density at radius 1 is 1.21 bits per heavy atom. The molecule has 1 aliphatic rings. The van der Waals surface area contributed by atoms with Gasteiger partial charge in [0, 0.05) is 43.7 Å². The predicted octanol–water partition coefficient (Wildman–Crippen LogP) is 3.61. The molecule has 6 heteroatoms. The summed E-state index contributed by atoms with van der Waals surface area (Å²) < 4.78 is 3.83. The van der Waals surface area contributed by atoms with Crippen molar-refractivity contribution in [3.05, 3.63) is 64.2 Å². The molecule has 4 rings (SSSR count). The van der Waals surface area contributed by atoms with Crippen LogP contribution in [0.3, 0.4) is 0 Å². The largest absolute Gasteiger partial charge is 0.341 e. The molecule has 1 aliphatic carbocycles. The highest BCUT2D eigenvalue weighted by Crippen LogP contribution is 2.32. The zero-order chi connectivity index (χ0) is 20.7. The lowest BCUT2D eigenvalue weighted by atomic mass is 9.86. The molecular formula is C23H29N5O. The van der Waals surface area contributed by atoms with Gasteiger partial charge < -0.3 is 4.90 Å². The fourth-order valence-electron chi connectivity index (χ4n) is 4.44. The topological polar surface area (TPSA) is 56.0 Å². The van der Waals surface area contributed by atoms with E-state index < -0.39 is 0 Å². The number of fused-ring (bicyclic) bond motifs is 1. The lowest BCUT2D eigenvalue weighted by Crippen LogP contribution is -2.33. The average molecular weight is 392 g/mol. The molecule has 0 bridgehead atoms. The maximum atomic E-state index is 13.3. The number of nitrogens with zero attached hydrogens (tertiary/aromatic N) is 5.